The fourth-order valence-corrected chi connectivity index (χ4v) is 1.86. The maximum Gasteiger partial charge on any atom is 0.323 e. The summed E-state index contributed by atoms with van der Waals surface area (Å²) >= 11 is 0. The van der Waals surface area contributed by atoms with Gasteiger partial charge < -0.3 is 15.2 Å². The SMILES string of the molecule is CCC(N)C(=O)OC1CC(C)OC(C)C1. The standard InChI is InChI=1S/C11H21NO3/c1-4-10(12)11(13)15-9-5-7(2)14-8(3)6-9/h7-10H,4-6,12H2,1-3H3. The third kappa shape index (κ3) is 3.80. The Kier molecular flexibility index (Phi) is 4.54. The third-order valence-corrected chi connectivity index (χ3v) is 2.68. The Morgan fingerprint density at radius 1 is 1.47 bits per heavy atom. The van der Waals surface area contributed by atoms with Gasteiger partial charge in [0.15, 0.2) is 0 Å². The minimum absolute atomic E-state index is 0.0335. The van der Waals surface area contributed by atoms with Gasteiger partial charge in [0.05, 0.1) is 12.2 Å². The van der Waals surface area contributed by atoms with E-state index in [1.807, 2.05) is 20.8 Å². The van der Waals surface area contributed by atoms with Crippen LogP contribution in [0.15, 0.2) is 0 Å². The van der Waals surface area contributed by atoms with E-state index in [1.54, 1.807) is 0 Å². The van der Waals surface area contributed by atoms with Crippen LogP contribution in [0.25, 0.3) is 0 Å². The van der Waals surface area contributed by atoms with Crippen LogP contribution in [-0.4, -0.2) is 30.3 Å². The Labute approximate surface area is 91.1 Å². The van der Waals surface area contributed by atoms with Crippen LogP contribution in [0.3, 0.4) is 0 Å². The summed E-state index contributed by atoms with van der Waals surface area (Å²) in [6.07, 6.45) is 2.44. The van der Waals surface area contributed by atoms with E-state index in [0.717, 1.165) is 12.8 Å². The molecule has 0 amide bonds. The summed E-state index contributed by atoms with van der Waals surface area (Å²) in [6, 6.07) is -0.488. The Hall–Kier alpha value is -0.610. The number of carbonyl (C=O) groups excluding carboxylic acids is 1. The van der Waals surface area contributed by atoms with Crippen molar-refractivity contribution in [3.8, 4) is 0 Å². The molecule has 1 rings (SSSR count). The Morgan fingerprint density at radius 3 is 2.47 bits per heavy atom. The zero-order valence-corrected chi connectivity index (χ0v) is 9.73. The zero-order valence-electron chi connectivity index (χ0n) is 9.73. The number of carbonyl (C=O) groups is 1. The number of hydrogen-bond donors (Lipinski definition) is 1. The lowest BCUT2D eigenvalue weighted by molar-refractivity contribution is -0.161. The molecule has 2 N–H and O–H groups in total. The van der Waals surface area contributed by atoms with Crippen LogP contribution in [-0.2, 0) is 14.3 Å². The fraction of sp³-hybridized carbons (Fsp3) is 0.909. The molecule has 0 saturated carbocycles. The molecule has 1 aliphatic rings. The van der Waals surface area contributed by atoms with Crippen molar-refractivity contribution in [2.45, 2.75) is 64.4 Å². The normalized spacial score (nSPS) is 33.5. The number of hydrogen-bond acceptors (Lipinski definition) is 4. The van der Waals surface area contributed by atoms with Crippen molar-refractivity contribution >= 4 is 5.97 Å². The summed E-state index contributed by atoms with van der Waals surface area (Å²) in [5.41, 5.74) is 5.60. The molecule has 0 bridgehead atoms. The van der Waals surface area contributed by atoms with Crippen LogP contribution in [0.4, 0.5) is 0 Å². The molecule has 1 fully saturated rings. The van der Waals surface area contributed by atoms with E-state index in [1.165, 1.54) is 0 Å². The van der Waals surface area contributed by atoms with Gasteiger partial charge in [-0.05, 0) is 20.3 Å². The second-order valence-electron chi connectivity index (χ2n) is 4.30. The quantitative estimate of drug-likeness (QED) is 0.719. The Bertz CT molecular complexity index is 210. The maximum absolute atomic E-state index is 11.5. The van der Waals surface area contributed by atoms with E-state index in [9.17, 15) is 4.79 Å². The van der Waals surface area contributed by atoms with Crippen molar-refractivity contribution in [3.63, 3.8) is 0 Å². The monoisotopic (exact) mass is 215 g/mol. The van der Waals surface area contributed by atoms with Crippen LogP contribution in [0, 0.1) is 0 Å². The van der Waals surface area contributed by atoms with Crippen molar-refractivity contribution in [1.82, 2.24) is 0 Å². The van der Waals surface area contributed by atoms with Gasteiger partial charge in [-0.2, -0.15) is 0 Å². The Balaban J connectivity index is 2.40. The van der Waals surface area contributed by atoms with E-state index in [-0.39, 0.29) is 24.3 Å². The second kappa shape index (κ2) is 5.47. The first-order valence-electron chi connectivity index (χ1n) is 5.64. The Morgan fingerprint density at radius 2 is 2.00 bits per heavy atom. The molecule has 4 nitrogen and oxygen atoms in total. The van der Waals surface area contributed by atoms with Crippen LogP contribution in [0.5, 0.6) is 0 Å². The molecule has 1 saturated heterocycles. The van der Waals surface area contributed by atoms with E-state index in [2.05, 4.69) is 0 Å². The fourth-order valence-electron chi connectivity index (χ4n) is 1.86. The summed E-state index contributed by atoms with van der Waals surface area (Å²) in [7, 11) is 0. The van der Waals surface area contributed by atoms with E-state index in [0.29, 0.717) is 6.42 Å². The highest BCUT2D eigenvalue weighted by molar-refractivity contribution is 5.75. The highest BCUT2D eigenvalue weighted by Gasteiger charge is 2.28. The van der Waals surface area contributed by atoms with E-state index >= 15 is 0 Å². The van der Waals surface area contributed by atoms with Crippen LogP contribution < -0.4 is 5.73 Å². The zero-order chi connectivity index (χ0) is 11.4. The largest absolute Gasteiger partial charge is 0.461 e. The van der Waals surface area contributed by atoms with Crippen molar-refractivity contribution in [1.29, 1.82) is 0 Å². The molecule has 0 radical (unpaired) electrons. The number of nitrogens with two attached hydrogens (primary N) is 1. The first-order valence-corrected chi connectivity index (χ1v) is 5.64. The third-order valence-electron chi connectivity index (χ3n) is 2.68. The molecule has 1 aliphatic heterocycles. The van der Waals surface area contributed by atoms with Crippen molar-refractivity contribution < 1.29 is 14.3 Å². The minimum atomic E-state index is -0.488. The highest BCUT2D eigenvalue weighted by atomic mass is 16.6. The summed E-state index contributed by atoms with van der Waals surface area (Å²) in [4.78, 5) is 11.5. The van der Waals surface area contributed by atoms with Gasteiger partial charge in [0.25, 0.3) is 0 Å². The van der Waals surface area contributed by atoms with Crippen molar-refractivity contribution in [2.24, 2.45) is 5.73 Å². The summed E-state index contributed by atoms with van der Waals surface area (Å²) in [6.45, 7) is 5.87. The molecule has 3 unspecified atom stereocenters. The molecular formula is C11H21NO3. The van der Waals surface area contributed by atoms with Crippen LogP contribution in [0.2, 0.25) is 0 Å². The molecule has 4 heteroatoms. The second-order valence-corrected chi connectivity index (χ2v) is 4.30. The molecule has 0 aromatic carbocycles. The first kappa shape index (κ1) is 12.5. The van der Waals surface area contributed by atoms with Gasteiger partial charge in [0, 0.05) is 12.8 Å². The number of ether oxygens (including phenoxy) is 2. The lowest BCUT2D eigenvalue weighted by Gasteiger charge is -2.32. The van der Waals surface area contributed by atoms with Crippen molar-refractivity contribution in [3.05, 3.63) is 0 Å². The number of rotatable bonds is 3. The predicted octanol–water partition coefficient (Wildman–Crippen LogP) is 1.22. The number of esters is 1. The average Bonchev–Trinajstić information content (AvgIpc) is 2.14. The van der Waals surface area contributed by atoms with Gasteiger partial charge in [-0.1, -0.05) is 6.92 Å². The minimum Gasteiger partial charge on any atom is -0.461 e. The molecule has 0 aliphatic carbocycles. The topological polar surface area (TPSA) is 61.6 Å². The van der Waals surface area contributed by atoms with Gasteiger partial charge >= 0.3 is 5.97 Å². The smallest absolute Gasteiger partial charge is 0.323 e. The molecule has 0 aromatic rings. The average molecular weight is 215 g/mol. The van der Waals surface area contributed by atoms with E-state index < -0.39 is 6.04 Å². The first-order chi connectivity index (χ1) is 7.02. The lowest BCUT2D eigenvalue weighted by atomic mass is 10.0. The van der Waals surface area contributed by atoms with Gasteiger partial charge in [0.2, 0.25) is 0 Å². The van der Waals surface area contributed by atoms with Gasteiger partial charge in [-0.3, -0.25) is 4.79 Å². The van der Waals surface area contributed by atoms with Gasteiger partial charge in [-0.25, -0.2) is 0 Å². The predicted molar refractivity (Wildman–Crippen MR) is 57.4 cm³/mol. The van der Waals surface area contributed by atoms with Crippen molar-refractivity contribution in [2.75, 3.05) is 0 Å². The summed E-state index contributed by atoms with van der Waals surface area (Å²) in [5, 5.41) is 0. The maximum atomic E-state index is 11.5. The summed E-state index contributed by atoms with van der Waals surface area (Å²) < 4.78 is 10.9. The molecule has 0 aromatic heterocycles. The van der Waals surface area contributed by atoms with Crippen LogP contribution >= 0.6 is 0 Å². The molecule has 0 spiro atoms. The lowest BCUT2D eigenvalue weighted by Crippen LogP contribution is -2.39. The summed E-state index contributed by atoms with van der Waals surface area (Å²) in [5.74, 6) is -0.288. The molecule has 15 heavy (non-hydrogen) atoms. The van der Waals surface area contributed by atoms with E-state index in [4.69, 9.17) is 15.2 Å². The molecule has 3 atom stereocenters. The van der Waals surface area contributed by atoms with Gasteiger partial charge in [-0.15, -0.1) is 0 Å². The van der Waals surface area contributed by atoms with Crippen LogP contribution in [0.1, 0.15) is 40.0 Å². The molecular weight excluding hydrogens is 194 g/mol. The molecule has 88 valence electrons. The van der Waals surface area contributed by atoms with Gasteiger partial charge in [0.1, 0.15) is 12.1 Å². The molecule has 1 heterocycles. The highest BCUT2D eigenvalue weighted by Crippen LogP contribution is 2.21.